The summed E-state index contributed by atoms with van der Waals surface area (Å²) in [6, 6.07) is 12.0. The number of rotatable bonds is 4. The molecule has 8 heteroatoms. The second-order valence-electron chi connectivity index (χ2n) is 12.9. The molecule has 2 aliphatic heterocycles. The molecule has 0 aliphatic carbocycles. The number of nitrogens with zero attached hydrogens (tertiary/aromatic N) is 5. The van der Waals surface area contributed by atoms with Crippen molar-refractivity contribution in [2.45, 2.75) is 72.6 Å². The standard InChI is InChI=1S/C30H37N5O3/c1-28(2,3)18-35-24-11-10-23(32-25(24)33(6)27(35)37)22-14-20(8-9-21(22)15-31)16-34-13-7-12-30(19-34)17-29(4,5)38-26(30)36/h8-11,14H,7,12-13,16-19H2,1-6H3. The zero-order chi connectivity index (χ0) is 27.5. The van der Waals surface area contributed by atoms with Crippen molar-refractivity contribution in [3.8, 4) is 17.3 Å². The number of hydrogen-bond donors (Lipinski definition) is 0. The molecule has 1 unspecified atom stereocenters. The van der Waals surface area contributed by atoms with Crippen LogP contribution in [0.4, 0.5) is 0 Å². The Balaban J connectivity index is 1.46. The fraction of sp³-hybridized carbons (Fsp3) is 0.533. The summed E-state index contributed by atoms with van der Waals surface area (Å²) in [5.41, 5.74) is 3.39. The van der Waals surface area contributed by atoms with Crippen LogP contribution < -0.4 is 5.69 Å². The first-order chi connectivity index (χ1) is 17.8. The molecule has 200 valence electrons. The normalized spacial score (nSPS) is 21.7. The molecule has 1 atom stereocenters. The minimum Gasteiger partial charge on any atom is -0.459 e. The van der Waals surface area contributed by atoms with Crippen molar-refractivity contribution in [1.29, 1.82) is 5.26 Å². The summed E-state index contributed by atoms with van der Waals surface area (Å²) in [4.78, 5) is 33.0. The van der Waals surface area contributed by atoms with E-state index in [-0.39, 0.29) is 17.1 Å². The Hall–Kier alpha value is -3.44. The van der Waals surface area contributed by atoms with Crippen molar-refractivity contribution in [1.82, 2.24) is 19.0 Å². The fourth-order valence-corrected chi connectivity index (χ4v) is 6.26. The molecule has 0 saturated carbocycles. The number of ether oxygens (including phenoxy) is 1. The highest BCUT2D eigenvalue weighted by molar-refractivity contribution is 5.80. The van der Waals surface area contributed by atoms with Crippen molar-refractivity contribution in [2.75, 3.05) is 13.1 Å². The zero-order valence-electron chi connectivity index (χ0n) is 23.3. The molecule has 2 saturated heterocycles. The van der Waals surface area contributed by atoms with Gasteiger partial charge in [0, 0.05) is 38.7 Å². The second kappa shape index (κ2) is 9.09. The molecule has 8 nitrogen and oxygen atoms in total. The van der Waals surface area contributed by atoms with E-state index >= 15 is 0 Å². The van der Waals surface area contributed by atoms with E-state index in [0.717, 1.165) is 42.5 Å². The number of benzene rings is 1. The van der Waals surface area contributed by atoms with Crippen LogP contribution in [0.3, 0.4) is 0 Å². The van der Waals surface area contributed by atoms with Gasteiger partial charge in [-0.2, -0.15) is 5.26 Å². The molecule has 38 heavy (non-hydrogen) atoms. The van der Waals surface area contributed by atoms with E-state index in [1.54, 1.807) is 16.2 Å². The fourth-order valence-electron chi connectivity index (χ4n) is 6.26. The van der Waals surface area contributed by atoms with Crippen LogP contribution >= 0.6 is 0 Å². The molecular weight excluding hydrogens is 478 g/mol. The van der Waals surface area contributed by atoms with Gasteiger partial charge in [0.1, 0.15) is 5.60 Å². The predicted octanol–water partition coefficient (Wildman–Crippen LogP) is 4.63. The first-order valence-electron chi connectivity index (χ1n) is 13.4. The van der Waals surface area contributed by atoms with E-state index in [1.165, 1.54) is 0 Å². The number of pyridine rings is 1. The number of carbonyl (C=O) groups excluding carboxylic acids is 1. The quantitative estimate of drug-likeness (QED) is 0.471. The predicted molar refractivity (Wildman–Crippen MR) is 146 cm³/mol. The summed E-state index contributed by atoms with van der Waals surface area (Å²) in [5, 5.41) is 9.85. The number of carbonyl (C=O) groups is 1. The van der Waals surface area contributed by atoms with Crippen LogP contribution in [-0.2, 0) is 29.7 Å². The lowest BCUT2D eigenvalue weighted by Crippen LogP contribution is -2.45. The van der Waals surface area contributed by atoms with Crippen LogP contribution in [0.25, 0.3) is 22.4 Å². The summed E-state index contributed by atoms with van der Waals surface area (Å²) in [6.07, 6.45) is 2.56. The smallest absolute Gasteiger partial charge is 0.330 e. The SMILES string of the molecule is Cn1c(=O)n(CC(C)(C)C)c2ccc(-c3cc(CN4CCCC5(C4)CC(C)(C)OC5=O)ccc3C#N)nc21. The average Bonchev–Trinajstić information content (AvgIpc) is 3.20. The van der Waals surface area contributed by atoms with E-state index < -0.39 is 11.0 Å². The van der Waals surface area contributed by atoms with E-state index in [0.29, 0.717) is 36.5 Å². The number of piperidine rings is 1. The van der Waals surface area contributed by atoms with E-state index in [2.05, 4.69) is 31.7 Å². The highest BCUT2D eigenvalue weighted by atomic mass is 16.6. The number of cyclic esters (lactones) is 1. The summed E-state index contributed by atoms with van der Waals surface area (Å²) in [6.45, 7) is 13.1. The lowest BCUT2D eigenvalue weighted by Gasteiger charge is -2.38. The van der Waals surface area contributed by atoms with Gasteiger partial charge in [-0.15, -0.1) is 0 Å². The van der Waals surface area contributed by atoms with Gasteiger partial charge in [0.2, 0.25) is 0 Å². The molecule has 2 fully saturated rings. The highest BCUT2D eigenvalue weighted by Gasteiger charge is 2.54. The van der Waals surface area contributed by atoms with Crippen LogP contribution in [0.1, 0.15) is 65.0 Å². The van der Waals surface area contributed by atoms with Gasteiger partial charge in [0.15, 0.2) is 5.65 Å². The van der Waals surface area contributed by atoms with Gasteiger partial charge in [0.25, 0.3) is 0 Å². The Bertz CT molecular complexity index is 1520. The van der Waals surface area contributed by atoms with Crippen molar-refractivity contribution in [3.05, 3.63) is 51.9 Å². The minimum absolute atomic E-state index is 0.0584. The number of nitriles is 1. The Kier molecular flexibility index (Phi) is 6.26. The van der Waals surface area contributed by atoms with Crippen LogP contribution in [0.5, 0.6) is 0 Å². The Morgan fingerprint density at radius 1 is 1.16 bits per heavy atom. The summed E-state index contributed by atoms with van der Waals surface area (Å²) in [7, 11) is 1.74. The molecule has 0 bridgehead atoms. The number of likely N-dealkylation sites (tertiary alicyclic amines) is 1. The molecule has 0 N–H and O–H groups in total. The first-order valence-corrected chi connectivity index (χ1v) is 13.4. The number of aromatic nitrogens is 3. The number of aryl methyl sites for hydroxylation is 1. The zero-order valence-corrected chi connectivity index (χ0v) is 23.3. The maximum atomic E-state index is 13.0. The van der Waals surface area contributed by atoms with Crippen molar-refractivity contribution < 1.29 is 9.53 Å². The molecule has 4 heterocycles. The first kappa shape index (κ1) is 26.2. The van der Waals surface area contributed by atoms with Crippen LogP contribution in [-0.4, -0.2) is 43.7 Å². The van der Waals surface area contributed by atoms with E-state index in [9.17, 15) is 14.9 Å². The lowest BCUT2D eigenvalue weighted by molar-refractivity contribution is -0.154. The topological polar surface area (TPSA) is 93.2 Å². The molecule has 1 spiro atoms. The molecule has 3 aromatic rings. The Morgan fingerprint density at radius 2 is 1.92 bits per heavy atom. The number of esters is 1. The molecular formula is C30H37N5O3. The van der Waals surface area contributed by atoms with Crippen molar-refractivity contribution in [3.63, 3.8) is 0 Å². The monoisotopic (exact) mass is 515 g/mol. The van der Waals surface area contributed by atoms with Gasteiger partial charge >= 0.3 is 11.7 Å². The average molecular weight is 516 g/mol. The molecule has 0 amide bonds. The van der Waals surface area contributed by atoms with Crippen molar-refractivity contribution in [2.24, 2.45) is 17.9 Å². The third kappa shape index (κ3) is 4.76. The maximum absolute atomic E-state index is 13.0. The summed E-state index contributed by atoms with van der Waals surface area (Å²) >= 11 is 0. The third-order valence-corrected chi connectivity index (χ3v) is 7.72. The van der Waals surface area contributed by atoms with Gasteiger partial charge in [-0.25, -0.2) is 9.78 Å². The van der Waals surface area contributed by atoms with Gasteiger partial charge in [-0.3, -0.25) is 18.8 Å². The molecule has 2 aromatic heterocycles. The molecule has 2 aliphatic rings. The Labute approximate surface area is 223 Å². The lowest BCUT2D eigenvalue weighted by atomic mass is 9.75. The third-order valence-electron chi connectivity index (χ3n) is 7.72. The molecule has 1 aromatic carbocycles. The number of fused-ring (bicyclic) bond motifs is 1. The maximum Gasteiger partial charge on any atom is 0.330 e. The van der Waals surface area contributed by atoms with Gasteiger partial charge < -0.3 is 4.74 Å². The van der Waals surface area contributed by atoms with E-state index in [1.807, 2.05) is 44.2 Å². The van der Waals surface area contributed by atoms with Crippen LogP contribution in [0, 0.1) is 22.2 Å². The summed E-state index contributed by atoms with van der Waals surface area (Å²) in [5.74, 6) is -0.0748. The Morgan fingerprint density at radius 3 is 2.58 bits per heavy atom. The number of hydrogen-bond acceptors (Lipinski definition) is 6. The van der Waals surface area contributed by atoms with Gasteiger partial charge in [-0.05, 0) is 68.5 Å². The van der Waals surface area contributed by atoms with Gasteiger partial charge in [-0.1, -0.05) is 26.8 Å². The summed E-state index contributed by atoms with van der Waals surface area (Å²) < 4.78 is 9.05. The van der Waals surface area contributed by atoms with Crippen LogP contribution in [0.15, 0.2) is 35.1 Å². The highest BCUT2D eigenvalue weighted by Crippen LogP contribution is 2.46. The minimum atomic E-state index is -0.436. The molecule has 5 rings (SSSR count). The number of imidazole rings is 1. The largest absolute Gasteiger partial charge is 0.459 e. The van der Waals surface area contributed by atoms with E-state index in [4.69, 9.17) is 9.72 Å². The van der Waals surface area contributed by atoms with Crippen LogP contribution in [0.2, 0.25) is 0 Å². The van der Waals surface area contributed by atoms with Crippen molar-refractivity contribution >= 4 is 17.1 Å². The molecule has 0 radical (unpaired) electrons. The second-order valence-corrected chi connectivity index (χ2v) is 12.9. The van der Waals surface area contributed by atoms with Gasteiger partial charge in [0.05, 0.1) is 28.3 Å².